The molecule has 0 bridgehead atoms. The van der Waals surface area contributed by atoms with E-state index in [0.29, 0.717) is 0 Å². The number of fused-ring (bicyclic) bond motifs is 11. The lowest BCUT2D eigenvalue weighted by Gasteiger charge is -2.18. The van der Waals surface area contributed by atoms with Gasteiger partial charge in [0.2, 0.25) is 0 Å². The number of rotatable bonds is 3. The van der Waals surface area contributed by atoms with Crippen LogP contribution in [0.3, 0.4) is 0 Å². The summed E-state index contributed by atoms with van der Waals surface area (Å²) in [5.41, 5.74) is 9.14. The van der Waals surface area contributed by atoms with Gasteiger partial charge in [-0.3, -0.25) is 0 Å². The van der Waals surface area contributed by atoms with E-state index < -0.39 is 0 Å². The summed E-state index contributed by atoms with van der Waals surface area (Å²) in [5, 5.41) is 12.3. The Morgan fingerprint density at radius 1 is 0.360 bits per heavy atom. The van der Waals surface area contributed by atoms with Crippen molar-refractivity contribution in [1.82, 2.24) is 0 Å². The molecule has 50 heavy (non-hydrogen) atoms. The molecule has 0 fully saturated rings. The van der Waals surface area contributed by atoms with Gasteiger partial charge in [0.25, 0.3) is 0 Å². The summed E-state index contributed by atoms with van der Waals surface area (Å²) in [4.78, 5) is 0. The lowest BCUT2D eigenvalue weighted by atomic mass is 9.85. The van der Waals surface area contributed by atoms with Crippen molar-refractivity contribution in [2.24, 2.45) is 0 Å². The zero-order valence-electron chi connectivity index (χ0n) is 27.0. The summed E-state index contributed by atoms with van der Waals surface area (Å²) in [6.07, 6.45) is 0. The summed E-state index contributed by atoms with van der Waals surface area (Å²) in [6, 6.07) is 61.7. The van der Waals surface area contributed by atoms with Crippen molar-refractivity contribution in [2.75, 3.05) is 0 Å². The van der Waals surface area contributed by atoms with E-state index in [2.05, 4.69) is 170 Å². The number of furan rings is 1. The molecular formula is C48H28OS. The first-order chi connectivity index (χ1) is 24.8. The molecule has 0 aliphatic rings. The van der Waals surface area contributed by atoms with Gasteiger partial charge in [0.15, 0.2) is 0 Å². The van der Waals surface area contributed by atoms with Gasteiger partial charge in [0.1, 0.15) is 11.2 Å². The number of thiophene rings is 1. The van der Waals surface area contributed by atoms with Crippen molar-refractivity contribution >= 4 is 85.8 Å². The van der Waals surface area contributed by atoms with Gasteiger partial charge in [0.05, 0.1) is 0 Å². The molecule has 0 N–H and O–H groups in total. The minimum Gasteiger partial charge on any atom is -0.455 e. The second kappa shape index (κ2) is 10.6. The zero-order chi connectivity index (χ0) is 32.8. The summed E-state index contributed by atoms with van der Waals surface area (Å²) < 4.78 is 9.61. The normalized spacial score (nSPS) is 12.0. The Morgan fingerprint density at radius 2 is 0.920 bits per heavy atom. The fourth-order valence-electron chi connectivity index (χ4n) is 8.29. The van der Waals surface area contributed by atoms with Crippen molar-refractivity contribution in [3.8, 4) is 33.4 Å². The summed E-state index contributed by atoms with van der Waals surface area (Å²) in [5.74, 6) is 0. The molecule has 2 heteroatoms. The van der Waals surface area contributed by atoms with Crippen LogP contribution in [0.2, 0.25) is 0 Å². The highest BCUT2D eigenvalue weighted by atomic mass is 32.1. The fourth-order valence-corrected chi connectivity index (χ4v) is 9.45. The van der Waals surface area contributed by atoms with E-state index in [0.717, 1.165) is 16.7 Å². The molecule has 2 aromatic heterocycles. The molecule has 11 rings (SSSR count). The maximum Gasteiger partial charge on any atom is 0.144 e. The maximum atomic E-state index is 7.05. The topological polar surface area (TPSA) is 13.1 Å². The smallest absolute Gasteiger partial charge is 0.144 e. The van der Waals surface area contributed by atoms with E-state index in [1.165, 1.54) is 91.1 Å². The third-order valence-electron chi connectivity index (χ3n) is 10.5. The number of benzene rings is 9. The second-order valence-electron chi connectivity index (χ2n) is 13.1. The predicted octanol–water partition coefficient (Wildman–Crippen LogP) is 14.4. The molecule has 0 spiro atoms. The van der Waals surface area contributed by atoms with Crippen molar-refractivity contribution in [3.63, 3.8) is 0 Å². The van der Waals surface area contributed by atoms with Crippen LogP contribution in [-0.4, -0.2) is 0 Å². The van der Waals surface area contributed by atoms with E-state index in [1.807, 2.05) is 11.3 Å². The average Bonchev–Trinajstić information content (AvgIpc) is 3.76. The molecule has 0 radical (unpaired) electrons. The van der Waals surface area contributed by atoms with Crippen LogP contribution in [0.1, 0.15) is 0 Å². The molecule has 9 aromatic carbocycles. The quantitative estimate of drug-likeness (QED) is 0.173. The SMILES string of the molecule is c1ccc(-c2ccc(-c3c4ccccc4c(-c4cc5sc6ccccc6c5c5c4oc4ccc6ccccc6c45)c4ccccc34)cc2)cc1. The van der Waals surface area contributed by atoms with Crippen LogP contribution in [0, 0.1) is 0 Å². The first kappa shape index (κ1) is 27.7. The highest BCUT2D eigenvalue weighted by molar-refractivity contribution is 7.26. The van der Waals surface area contributed by atoms with Crippen molar-refractivity contribution in [3.05, 3.63) is 170 Å². The summed E-state index contributed by atoms with van der Waals surface area (Å²) in [7, 11) is 0. The monoisotopic (exact) mass is 652 g/mol. The Kier molecular flexibility index (Phi) is 5.89. The minimum absolute atomic E-state index is 0.923. The molecule has 11 aromatic rings. The third kappa shape index (κ3) is 3.94. The Balaban J connectivity index is 1.28. The molecule has 0 saturated carbocycles. The molecule has 0 aliphatic carbocycles. The lowest BCUT2D eigenvalue weighted by Crippen LogP contribution is -1.91. The minimum atomic E-state index is 0.923. The van der Waals surface area contributed by atoms with Gasteiger partial charge in [-0.2, -0.15) is 0 Å². The first-order valence-corrected chi connectivity index (χ1v) is 17.9. The average molecular weight is 653 g/mol. The Labute approximate surface area is 292 Å². The van der Waals surface area contributed by atoms with E-state index in [1.54, 1.807) is 0 Å². The van der Waals surface area contributed by atoms with Crippen LogP contribution < -0.4 is 0 Å². The second-order valence-corrected chi connectivity index (χ2v) is 14.2. The van der Waals surface area contributed by atoms with E-state index in [4.69, 9.17) is 4.42 Å². The molecule has 0 atom stereocenters. The van der Waals surface area contributed by atoms with E-state index >= 15 is 0 Å². The van der Waals surface area contributed by atoms with Crippen LogP contribution in [0.4, 0.5) is 0 Å². The van der Waals surface area contributed by atoms with Crippen LogP contribution in [0.15, 0.2) is 174 Å². The molecule has 0 unspecified atom stereocenters. The molecule has 232 valence electrons. The van der Waals surface area contributed by atoms with Crippen molar-refractivity contribution in [2.45, 2.75) is 0 Å². The highest BCUT2D eigenvalue weighted by Gasteiger charge is 2.24. The Bertz CT molecular complexity index is 3070. The van der Waals surface area contributed by atoms with Gasteiger partial charge in [0, 0.05) is 42.1 Å². The predicted molar refractivity (Wildman–Crippen MR) is 215 cm³/mol. The van der Waals surface area contributed by atoms with Gasteiger partial charge in [-0.05, 0) is 72.8 Å². The largest absolute Gasteiger partial charge is 0.455 e. The Hall–Kier alpha value is -6.22. The van der Waals surface area contributed by atoms with Crippen molar-refractivity contribution in [1.29, 1.82) is 0 Å². The Morgan fingerprint density at radius 3 is 1.64 bits per heavy atom. The van der Waals surface area contributed by atoms with Gasteiger partial charge in [-0.15, -0.1) is 11.3 Å². The summed E-state index contributed by atoms with van der Waals surface area (Å²) in [6.45, 7) is 0. The van der Waals surface area contributed by atoms with Gasteiger partial charge in [-0.25, -0.2) is 0 Å². The lowest BCUT2D eigenvalue weighted by molar-refractivity contribution is 0.670. The first-order valence-electron chi connectivity index (χ1n) is 17.1. The molecule has 2 heterocycles. The number of hydrogen-bond donors (Lipinski definition) is 0. The zero-order valence-corrected chi connectivity index (χ0v) is 27.8. The van der Waals surface area contributed by atoms with Gasteiger partial charge < -0.3 is 4.42 Å². The fraction of sp³-hybridized carbons (Fsp3) is 0. The highest BCUT2D eigenvalue weighted by Crippen LogP contribution is 2.51. The molecule has 0 aliphatic heterocycles. The van der Waals surface area contributed by atoms with Crippen LogP contribution in [0.5, 0.6) is 0 Å². The van der Waals surface area contributed by atoms with E-state index in [-0.39, 0.29) is 0 Å². The maximum absolute atomic E-state index is 7.05. The van der Waals surface area contributed by atoms with Crippen molar-refractivity contribution < 1.29 is 4.42 Å². The standard InChI is InChI=1S/C48H28OS/c1-2-12-29(13-3-1)30-22-24-32(25-23-30)43-34-16-6-8-18-36(34)44(37-19-9-7-17-35(37)43)39-28-42-46(38-20-10-11-21-41(38)50-42)47-45-33-15-5-4-14-31(33)26-27-40(45)49-48(39)47/h1-28H. The van der Waals surface area contributed by atoms with Crippen LogP contribution in [-0.2, 0) is 0 Å². The van der Waals surface area contributed by atoms with Gasteiger partial charge >= 0.3 is 0 Å². The van der Waals surface area contributed by atoms with Gasteiger partial charge in [-0.1, -0.05) is 152 Å². The van der Waals surface area contributed by atoms with Crippen LogP contribution >= 0.6 is 11.3 Å². The summed E-state index contributed by atoms with van der Waals surface area (Å²) >= 11 is 1.87. The molecular weight excluding hydrogens is 625 g/mol. The molecule has 1 nitrogen and oxygen atoms in total. The third-order valence-corrected chi connectivity index (χ3v) is 11.6. The van der Waals surface area contributed by atoms with E-state index in [9.17, 15) is 0 Å². The number of hydrogen-bond acceptors (Lipinski definition) is 2. The molecule has 0 saturated heterocycles. The molecule has 0 amide bonds. The van der Waals surface area contributed by atoms with Crippen LogP contribution in [0.25, 0.3) is 108 Å².